The number of carboxylic acid groups (broad SMARTS) is 1. The molecular formula is C31H52N2O6. The van der Waals surface area contributed by atoms with Gasteiger partial charge in [0.15, 0.2) is 12.2 Å². The van der Waals surface area contributed by atoms with Gasteiger partial charge in [-0.05, 0) is 50.7 Å². The average Bonchev–Trinajstić information content (AvgIpc) is 2.92. The molecule has 0 radical (unpaired) electrons. The highest BCUT2D eigenvalue weighted by molar-refractivity contribution is 5.89. The smallest absolute Gasteiger partial charge is 0.335 e. The van der Waals surface area contributed by atoms with Crippen molar-refractivity contribution in [3.63, 3.8) is 0 Å². The van der Waals surface area contributed by atoms with Gasteiger partial charge in [-0.2, -0.15) is 0 Å². The summed E-state index contributed by atoms with van der Waals surface area (Å²) in [7, 11) is 0. The van der Waals surface area contributed by atoms with Crippen molar-refractivity contribution < 1.29 is 29.0 Å². The zero-order chi connectivity index (χ0) is 28.9. The maximum absolute atomic E-state index is 12.9. The van der Waals surface area contributed by atoms with Crippen molar-refractivity contribution in [2.75, 3.05) is 13.1 Å². The van der Waals surface area contributed by atoms with E-state index in [1.165, 1.54) is 12.1 Å². The van der Waals surface area contributed by atoms with Gasteiger partial charge in [0.2, 0.25) is 0 Å². The molecule has 1 rings (SSSR count). The van der Waals surface area contributed by atoms with Gasteiger partial charge in [-0.15, -0.1) is 0 Å². The van der Waals surface area contributed by atoms with E-state index in [2.05, 4.69) is 24.5 Å². The molecule has 39 heavy (non-hydrogen) atoms. The Morgan fingerprint density at radius 2 is 1.05 bits per heavy atom. The van der Waals surface area contributed by atoms with Crippen molar-refractivity contribution in [2.45, 2.75) is 130 Å². The second-order valence-corrected chi connectivity index (χ2v) is 10.2. The number of unbranched alkanes of at least 4 members (excludes halogenated alkanes) is 8. The van der Waals surface area contributed by atoms with Crippen LogP contribution in [0.3, 0.4) is 0 Å². The van der Waals surface area contributed by atoms with Gasteiger partial charge in [0.25, 0.3) is 11.8 Å². The molecule has 0 saturated heterocycles. The Morgan fingerprint density at radius 3 is 1.41 bits per heavy atom. The first-order valence-electron chi connectivity index (χ1n) is 15.1. The molecular weight excluding hydrogens is 496 g/mol. The number of benzene rings is 1. The minimum atomic E-state index is -1.14. The molecule has 0 aliphatic rings. The van der Waals surface area contributed by atoms with Crippen molar-refractivity contribution >= 4 is 17.8 Å². The Kier molecular flexibility index (Phi) is 18.5. The van der Waals surface area contributed by atoms with E-state index in [9.17, 15) is 19.5 Å². The van der Waals surface area contributed by atoms with Gasteiger partial charge < -0.3 is 25.2 Å². The Labute approximate surface area is 235 Å². The van der Waals surface area contributed by atoms with Gasteiger partial charge in [0.1, 0.15) is 11.5 Å². The Morgan fingerprint density at radius 1 is 0.641 bits per heavy atom. The molecule has 0 saturated carbocycles. The van der Waals surface area contributed by atoms with E-state index in [-0.39, 0.29) is 28.9 Å². The number of nitrogens with one attached hydrogen (secondary N) is 2. The number of hydrogen-bond acceptors (Lipinski definition) is 5. The van der Waals surface area contributed by atoms with Crippen LogP contribution in [0.15, 0.2) is 18.2 Å². The molecule has 0 aliphatic heterocycles. The van der Waals surface area contributed by atoms with Crippen LogP contribution >= 0.6 is 0 Å². The summed E-state index contributed by atoms with van der Waals surface area (Å²) in [5, 5.41) is 15.6. The van der Waals surface area contributed by atoms with Crippen LogP contribution in [0.5, 0.6) is 11.5 Å². The molecule has 0 bridgehead atoms. The van der Waals surface area contributed by atoms with Gasteiger partial charge in [-0.3, -0.25) is 9.59 Å². The highest BCUT2D eigenvalue weighted by Gasteiger charge is 2.23. The molecule has 1 aromatic carbocycles. The number of carbonyl (C=O) groups is 3. The van der Waals surface area contributed by atoms with Crippen molar-refractivity contribution in [2.24, 2.45) is 0 Å². The third kappa shape index (κ3) is 14.8. The van der Waals surface area contributed by atoms with Crippen LogP contribution in [0.1, 0.15) is 128 Å². The van der Waals surface area contributed by atoms with Gasteiger partial charge in [-0.25, -0.2) is 4.79 Å². The SMILES string of the molecule is CCCCCCNC(=O)C(CCCC)Oc1cc(OC(CCCC)C(=O)NCCCCCC)cc(C(=O)O)c1. The molecule has 0 fully saturated rings. The molecule has 2 amide bonds. The van der Waals surface area contributed by atoms with Crippen LogP contribution in [-0.2, 0) is 9.59 Å². The Hall–Kier alpha value is -2.77. The Balaban J connectivity index is 3.03. The zero-order valence-electron chi connectivity index (χ0n) is 24.7. The molecule has 8 heteroatoms. The number of amides is 2. The zero-order valence-corrected chi connectivity index (χ0v) is 24.7. The third-order valence-corrected chi connectivity index (χ3v) is 6.57. The first-order valence-corrected chi connectivity index (χ1v) is 15.1. The van der Waals surface area contributed by atoms with E-state index in [0.29, 0.717) is 25.9 Å². The standard InChI is InChI=1S/C31H52N2O6/c1-5-9-13-15-19-32-29(34)27(17-11-7-3)38-25-21-24(31(36)37)22-26(23-25)39-28(18-12-8-4)30(35)33-20-16-14-10-6-2/h21-23,27-28H,5-20H2,1-4H3,(H,32,34)(H,33,35)(H,36,37). The number of carbonyl (C=O) groups excluding carboxylic acids is 2. The van der Waals surface area contributed by atoms with Crippen molar-refractivity contribution in [1.82, 2.24) is 10.6 Å². The van der Waals surface area contributed by atoms with E-state index in [0.717, 1.165) is 77.0 Å². The number of rotatable bonds is 23. The third-order valence-electron chi connectivity index (χ3n) is 6.57. The van der Waals surface area contributed by atoms with Crippen molar-refractivity contribution in [3.8, 4) is 11.5 Å². The summed E-state index contributed by atoms with van der Waals surface area (Å²) < 4.78 is 12.1. The maximum atomic E-state index is 12.9. The predicted molar refractivity (Wildman–Crippen MR) is 156 cm³/mol. The highest BCUT2D eigenvalue weighted by atomic mass is 16.5. The molecule has 0 aromatic heterocycles. The normalized spacial score (nSPS) is 12.4. The molecule has 2 unspecified atom stereocenters. The summed E-state index contributed by atoms with van der Waals surface area (Å²) in [6.07, 6.45) is 11.4. The fourth-order valence-corrected chi connectivity index (χ4v) is 4.18. The number of hydrogen-bond donors (Lipinski definition) is 3. The summed E-state index contributed by atoms with van der Waals surface area (Å²) in [6, 6.07) is 4.38. The van der Waals surface area contributed by atoms with Crippen LogP contribution in [0.4, 0.5) is 0 Å². The van der Waals surface area contributed by atoms with Gasteiger partial charge >= 0.3 is 5.97 Å². The fraction of sp³-hybridized carbons (Fsp3) is 0.710. The lowest BCUT2D eigenvalue weighted by molar-refractivity contribution is -0.128. The van der Waals surface area contributed by atoms with Crippen LogP contribution in [0, 0.1) is 0 Å². The Bertz CT molecular complexity index is 786. The molecule has 1 aromatic rings. The topological polar surface area (TPSA) is 114 Å². The molecule has 222 valence electrons. The number of ether oxygens (including phenoxy) is 2. The van der Waals surface area contributed by atoms with Crippen LogP contribution in [-0.4, -0.2) is 48.2 Å². The summed E-state index contributed by atoms with van der Waals surface area (Å²) in [5.41, 5.74) is -0.0223. The number of aromatic carboxylic acids is 1. The first-order chi connectivity index (χ1) is 18.9. The molecule has 2 atom stereocenters. The second kappa shape index (κ2) is 21.1. The summed E-state index contributed by atoms with van der Waals surface area (Å²) >= 11 is 0. The summed E-state index contributed by atoms with van der Waals surface area (Å²) in [4.78, 5) is 37.7. The lowest BCUT2D eigenvalue weighted by atomic mass is 10.1. The largest absolute Gasteiger partial charge is 0.480 e. The first kappa shape index (κ1) is 34.3. The lowest BCUT2D eigenvalue weighted by Gasteiger charge is -2.22. The van der Waals surface area contributed by atoms with Crippen LogP contribution < -0.4 is 20.1 Å². The van der Waals surface area contributed by atoms with Crippen molar-refractivity contribution in [3.05, 3.63) is 23.8 Å². The molecule has 8 nitrogen and oxygen atoms in total. The van der Waals surface area contributed by atoms with E-state index in [1.807, 2.05) is 13.8 Å². The second-order valence-electron chi connectivity index (χ2n) is 10.2. The molecule has 0 aliphatic carbocycles. The van der Waals surface area contributed by atoms with Gasteiger partial charge in [-0.1, -0.05) is 79.1 Å². The minimum Gasteiger partial charge on any atom is -0.480 e. The van der Waals surface area contributed by atoms with Gasteiger partial charge in [0, 0.05) is 19.2 Å². The monoisotopic (exact) mass is 548 g/mol. The number of carboxylic acids is 1. The molecule has 0 heterocycles. The fourth-order valence-electron chi connectivity index (χ4n) is 4.18. The predicted octanol–water partition coefficient (Wildman–Crippen LogP) is 6.65. The van der Waals surface area contributed by atoms with E-state index >= 15 is 0 Å². The molecule has 0 spiro atoms. The van der Waals surface area contributed by atoms with E-state index in [4.69, 9.17) is 9.47 Å². The maximum Gasteiger partial charge on any atom is 0.335 e. The van der Waals surface area contributed by atoms with Gasteiger partial charge in [0.05, 0.1) is 5.56 Å². The van der Waals surface area contributed by atoms with Crippen molar-refractivity contribution in [1.29, 1.82) is 0 Å². The van der Waals surface area contributed by atoms with E-state index in [1.54, 1.807) is 6.07 Å². The summed E-state index contributed by atoms with van der Waals surface area (Å²) in [6.45, 7) is 9.54. The minimum absolute atomic E-state index is 0.0223. The van der Waals surface area contributed by atoms with E-state index < -0.39 is 18.2 Å². The van der Waals surface area contributed by atoms with Crippen LogP contribution in [0.2, 0.25) is 0 Å². The highest BCUT2D eigenvalue weighted by Crippen LogP contribution is 2.27. The summed E-state index contributed by atoms with van der Waals surface area (Å²) in [5.74, 6) is -1.07. The van der Waals surface area contributed by atoms with Crippen LogP contribution in [0.25, 0.3) is 0 Å². The quantitative estimate of drug-likeness (QED) is 0.132. The average molecular weight is 549 g/mol. The molecule has 3 N–H and O–H groups in total. The lowest BCUT2D eigenvalue weighted by Crippen LogP contribution is -2.39.